The molecule has 3 rings (SSSR count). The van der Waals surface area contributed by atoms with Crippen LogP contribution in [0.2, 0.25) is 0 Å². The number of amides is 1. The Labute approximate surface area is 148 Å². The number of fused-ring (bicyclic) bond motifs is 1. The Bertz CT molecular complexity index is 769. The quantitative estimate of drug-likeness (QED) is 0.837. The molecule has 6 nitrogen and oxygen atoms in total. The summed E-state index contributed by atoms with van der Waals surface area (Å²) in [6.45, 7) is 2.47. The number of carbonyl (C=O) groups is 1. The zero-order chi connectivity index (χ0) is 18.0. The predicted octanol–water partition coefficient (Wildman–Crippen LogP) is 2.98. The number of carbonyl (C=O) groups excluding carboxylic acids is 1. The molecule has 0 aliphatic heterocycles. The highest BCUT2D eigenvalue weighted by atomic mass is 16.5. The Kier molecular flexibility index (Phi) is 4.97. The van der Waals surface area contributed by atoms with Crippen LogP contribution in [-0.4, -0.2) is 41.4 Å². The first-order valence-electron chi connectivity index (χ1n) is 8.65. The van der Waals surface area contributed by atoms with Crippen LogP contribution in [0.3, 0.4) is 0 Å². The zero-order valence-electron chi connectivity index (χ0n) is 15.3. The minimum Gasteiger partial charge on any atom is -0.493 e. The van der Waals surface area contributed by atoms with E-state index in [0.717, 1.165) is 24.8 Å². The highest BCUT2D eigenvalue weighted by molar-refractivity contribution is 5.95. The zero-order valence-corrected chi connectivity index (χ0v) is 15.3. The largest absolute Gasteiger partial charge is 0.493 e. The van der Waals surface area contributed by atoms with Crippen LogP contribution >= 0.6 is 0 Å². The minimum atomic E-state index is -0.0250. The van der Waals surface area contributed by atoms with Gasteiger partial charge in [-0.1, -0.05) is 0 Å². The van der Waals surface area contributed by atoms with Crippen molar-refractivity contribution in [1.29, 1.82) is 0 Å². The van der Waals surface area contributed by atoms with Gasteiger partial charge in [-0.15, -0.1) is 0 Å². The molecule has 0 saturated carbocycles. The van der Waals surface area contributed by atoms with E-state index in [1.54, 1.807) is 25.3 Å². The number of aromatic nitrogens is 2. The number of methoxy groups -OCH3 is 1. The van der Waals surface area contributed by atoms with Gasteiger partial charge in [0, 0.05) is 30.9 Å². The van der Waals surface area contributed by atoms with Gasteiger partial charge >= 0.3 is 0 Å². The Morgan fingerprint density at radius 3 is 2.92 bits per heavy atom. The van der Waals surface area contributed by atoms with Crippen LogP contribution < -0.4 is 9.47 Å². The molecule has 0 spiro atoms. The lowest BCUT2D eigenvalue weighted by Gasteiger charge is -2.31. The summed E-state index contributed by atoms with van der Waals surface area (Å²) in [6, 6.07) is 5.39. The summed E-state index contributed by atoms with van der Waals surface area (Å²) in [5.41, 5.74) is 2.97. The third kappa shape index (κ3) is 3.21. The van der Waals surface area contributed by atoms with Gasteiger partial charge in [-0.2, -0.15) is 5.10 Å². The Balaban J connectivity index is 1.86. The van der Waals surface area contributed by atoms with E-state index < -0.39 is 0 Å². The van der Waals surface area contributed by atoms with Gasteiger partial charge in [0.15, 0.2) is 11.5 Å². The van der Waals surface area contributed by atoms with Crippen LogP contribution in [0.4, 0.5) is 0 Å². The van der Waals surface area contributed by atoms with Gasteiger partial charge in [-0.25, -0.2) is 0 Å². The third-order valence-corrected chi connectivity index (χ3v) is 4.84. The molecule has 25 heavy (non-hydrogen) atoms. The highest BCUT2D eigenvalue weighted by Gasteiger charge is 2.29. The third-order valence-electron chi connectivity index (χ3n) is 4.84. The van der Waals surface area contributed by atoms with Gasteiger partial charge in [0.2, 0.25) is 0 Å². The molecule has 6 heteroatoms. The summed E-state index contributed by atoms with van der Waals surface area (Å²) in [5, 5.41) is 4.36. The van der Waals surface area contributed by atoms with Crippen molar-refractivity contribution in [3.05, 3.63) is 41.2 Å². The van der Waals surface area contributed by atoms with E-state index in [-0.39, 0.29) is 11.9 Å². The molecule has 1 aliphatic carbocycles. The van der Waals surface area contributed by atoms with Gasteiger partial charge in [0.25, 0.3) is 5.91 Å². The first kappa shape index (κ1) is 17.3. The molecule has 1 amide bonds. The molecule has 0 N–H and O–H groups in total. The van der Waals surface area contributed by atoms with E-state index in [1.807, 2.05) is 36.8 Å². The second-order valence-electron chi connectivity index (χ2n) is 6.29. The maximum absolute atomic E-state index is 13.0. The number of rotatable bonds is 5. The van der Waals surface area contributed by atoms with Crippen molar-refractivity contribution in [2.75, 3.05) is 20.8 Å². The number of hydrogen-bond acceptors (Lipinski definition) is 4. The summed E-state index contributed by atoms with van der Waals surface area (Å²) in [7, 11) is 5.40. The fraction of sp³-hybridized carbons (Fsp3) is 0.474. The maximum atomic E-state index is 13.0. The maximum Gasteiger partial charge on any atom is 0.254 e. The average molecular weight is 343 g/mol. The summed E-state index contributed by atoms with van der Waals surface area (Å²) in [5.74, 6) is 1.20. The molecule has 1 aromatic heterocycles. The summed E-state index contributed by atoms with van der Waals surface area (Å²) < 4.78 is 12.8. The fourth-order valence-corrected chi connectivity index (χ4v) is 3.51. The van der Waals surface area contributed by atoms with Gasteiger partial charge in [0.1, 0.15) is 0 Å². The normalized spacial score (nSPS) is 16.2. The molecule has 2 aromatic rings. The van der Waals surface area contributed by atoms with E-state index >= 15 is 0 Å². The van der Waals surface area contributed by atoms with E-state index in [0.29, 0.717) is 23.7 Å². The predicted molar refractivity (Wildman–Crippen MR) is 95.1 cm³/mol. The van der Waals surface area contributed by atoms with Gasteiger partial charge in [0.05, 0.1) is 26.0 Å². The number of benzene rings is 1. The number of hydrogen-bond donors (Lipinski definition) is 0. The summed E-state index contributed by atoms with van der Waals surface area (Å²) in [4.78, 5) is 14.8. The van der Waals surface area contributed by atoms with Crippen molar-refractivity contribution in [1.82, 2.24) is 14.7 Å². The molecular weight excluding hydrogens is 318 g/mol. The first-order valence-corrected chi connectivity index (χ1v) is 8.65. The van der Waals surface area contributed by atoms with Gasteiger partial charge in [-0.3, -0.25) is 9.48 Å². The smallest absolute Gasteiger partial charge is 0.254 e. The van der Waals surface area contributed by atoms with Crippen LogP contribution in [0.15, 0.2) is 24.4 Å². The van der Waals surface area contributed by atoms with Gasteiger partial charge < -0.3 is 14.4 Å². The number of aryl methyl sites for hydroxylation is 1. The lowest BCUT2D eigenvalue weighted by molar-refractivity contribution is 0.0714. The molecule has 1 heterocycles. The van der Waals surface area contributed by atoms with Crippen LogP contribution in [0.5, 0.6) is 11.5 Å². The molecule has 0 bridgehead atoms. The molecule has 1 atom stereocenters. The molecule has 1 aliphatic rings. The molecule has 1 unspecified atom stereocenters. The molecule has 0 fully saturated rings. The van der Waals surface area contributed by atoms with Crippen molar-refractivity contribution in [3.8, 4) is 11.5 Å². The SMILES string of the molecule is CCOc1ccc(C(=O)N(C)C2CCCc3c2cnn3C)cc1OC. The van der Waals surface area contributed by atoms with E-state index in [2.05, 4.69) is 5.10 Å². The Morgan fingerprint density at radius 1 is 1.40 bits per heavy atom. The van der Waals surface area contributed by atoms with Crippen LogP contribution in [0, 0.1) is 0 Å². The Morgan fingerprint density at radius 2 is 2.20 bits per heavy atom. The van der Waals surface area contributed by atoms with Crippen molar-refractivity contribution in [3.63, 3.8) is 0 Å². The number of ether oxygens (including phenoxy) is 2. The molecule has 134 valence electrons. The minimum absolute atomic E-state index is 0.0250. The second kappa shape index (κ2) is 7.17. The molecule has 1 aromatic carbocycles. The van der Waals surface area contributed by atoms with E-state index in [4.69, 9.17) is 9.47 Å². The highest BCUT2D eigenvalue weighted by Crippen LogP contribution is 2.35. The lowest BCUT2D eigenvalue weighted by atomic mass is 9.91. The topological polar surface area (TPSA) is 56.6 Å². The van der Waals surface area contributed by atoms with E-state index in [1.165, 1.54) is 5.69 Å². The number of nitrogens with zero attached hydrogens (tertiary/aromatic N) is 3. The van der Waals surface area contributed by atoms with Crippen molar-refractivity contribution >= 4 is 5.91 Å². The fourth-order valence-electron chi connectivity index (χ4n) is 3.51. The van der Waals surface area contributed by atoms with Crippen LogP contribution in [0.1, 0.15) is 47.4 Å². The Hall–Kier alpha value is -2.50. The first-order chi connectivity index (χ1) is 12.1. The van der Waals surface area contributed by atoms with Gasteiger partial charge in [-0.05, 0) is 44.4 Å². The van der Waals surface area contributed by atoms with Crippen LogP contribution in [0.25, 0.3) is 0 Å². The van der Waals surface area contributed by atoms with Crippen LogP contribution in [-0.2, 0) is 13.5 Å². The lowest BCUT2D eigenvalue weighted by Crippen LogP contribution is -2.33. The summed E-state index contributed by atoms with van der Waals surface area (Å²) in [6.07, 6.45) is 4.92. The molecule has 0 radical (unpaired) electrons. The monoisotopic (exact) mass is 343 g/mol. The van der Waals surface area contributed by atoms with Crippen molar-refractivity contribution in [2.45, 2.75) is 32.2 Å². The summed E-state index contributed by atoms with van der Waals surface area (Å²) >= 11 is 0. The second-order valence-corrected chi connectivity index (χ2v) is 6.29. The van der Waals surface area contributed by atoms with E-state index in [9.17, 15) is 4.79 Å². The van der Waals surface area contributed by atoms with Crippen molar-refractivity contribution in [2.24, 2.45) is 7.05 Å². The molecular formula is C19H25N3O3. The van der Waals surface area contributed by atoms with Crippen molar-refractivity contribution < 1.29 is 14.3 Å². The average Bonchev–Trinajstić information content (AvgIpc) is 3.02. The standard InChI is InChI=1S/C19H25N3O3/c1-5-25-17-10-9-13(11-18(17)24-4)19(23)21(2)15-7-6-8-16-14(15)12-20-22(16)3/h9-12,15H,5-8H2,1-4H3. The molecule has 0 saturated heterocycles.